The molecule has 1 N–H and O–H groups in total. The second kappa shape index (κ2) is 6.18. The van der Waals surface area contributed by atoms with Gasteiger partial charge in [0, 0.05) is 0 Å². The van der Waals surface area contributed by atoms with E-state index in [1.807, 2.05) is 54.6 Å². The van der Waals surface area contributed by atoms with E-state index in [4.69, 9.17) is 9.84 Å². The minimum atomic E-state index is -1.32. The van der Waals surface area contributed by atoms with Gasteiger partial charge in [-0.3, -0.25) is 0 Å². The molecule has 0 aliphatic carbocycles. The Kier molecular flexibility index (Phi) is 3.92. The summed E-state index contributed by atoms with van der Waals surface area (Å²) in [6, 6.07) is 20.7. The molecule has 0 bridgehead atoms. The van der Waals surface area contributed by atoms with Crippen molar-refractivity contribution in [2.24, 2.45) is 0 Å². The Hall–Kier alpha value is -3.01. The van der Waals surface area contributed by atoms with Crippen molar-refractivity contribution in [2.45, 2.75) is 6.61 Å². The zero-order valence-corrected chi connectivity index (χ0v) is 11.7. The van der Waals surface area contributed by atoms with Crippen molar-refractivity contribution < 1.29 is 19.4 Å². The molecule has 0 spiro atoms. The number of hydrogen-bond acceptors (Lipinski definition) is 3. The van der Waals surface area contributed by atoms with Crippen LogP contribution in [0, 0.1) is 0 Å². The molecule has 0 amide bonds. The van der Waals surface area contributed by atoms with Gasteiger partial charge in [-0.15, -0.1) is 0 Å². The fourth-order valence-electron chi connectivity index (χ4n) is 2.20. The molecule has 0 atom stereocenters. The molecule has 0 saturated carbocycles. The largest absolute Gasteiger partial charge is 0.511 e. The molecule has 0 aromatic heterocycles. The summed E-state index contributed by atoms with van der Waals surface area (Å²) in [7, 11) is 0. The van der Waals surface area contributed by atoms with E-state index in [2.05, 4.69) is 4.74 Å². The Labute approximate surface area is 127 Å². The molecular weight excluding hydrogens is 280 g/mol. The number of fused-ring (bicyclic) bond motifs is 1. The van der Waals surface area contributed by atoms with Crippen molar-refractivity contribution in [1.29, 1.82) is 0 Å². The second-order valence-electron chi connectivity index (χ2n) is 4.81. The van der Waals surface area contributed by atoms with Gasteiger partial charge < -0.3 is 14.6 Å². The van der Waals surface area contributed by atoms with Crippen LogP contribution in [0.2, 0.25) is 0 Å². The SMILES string of the molecule is O=C(O)Oc1ccc2cc(OCc3ccccc3)ccc2c1. The highest BCUT2D eigenvalue weighted by Crippen LogP contribution is 2.25. The molecule has 3 rings (SSSR count). The first-order chi connectivity index (χ1) is 10.7. The number of carbonyl (C=O) groups is 1. The van der Waals surface area contributed by atoms with Crippen LogP contribution in [-0.2, 0) is 6.61 Å². The summed E-state index contributed by atoms with van der Waals surface area (Å²) in [5.41, 5.74) is 1.10. The minimum Gasteiger partial charge on any atom is -0.489 e. The van der Waals surface area contributed by atoms with Gasteiger partial charge in [0.1, 0.15) is 18.1 Å². The van der Waals surface area contributed by atoms with Gasteiger partial charge in [-0.1, -0.05) is 42.5 Å². The molecular formula is C18H14O4. The molecule has 4 nitrogen and oxygen atoms in total. The molecule has 22 heavy (non-hydrogen) atoms. The van der Waals surface area contributed by atoms with E-state index in [-0.39, 0.29) is 0 Å². The third-order valence-corrected chi connectivity index (χ3v) is 3.24. The van der Waals surface area contributed by atoms with Gasteiger partial charge in [-0.2, -0.15) is 0 Å². The number of hydrogen-bond donors (Lipinski definition) is 1. The van der Waals surface area contributed by atoms with Crippen molar-refractivity contribution in [2.75, 3.05) is 0 Å². The van der Waals surface area contributed by atoms with Crippen molar-refractivity contribution in [3.8, 4) is 11.5 Å². The number of carboxylic acid groups (broad SMARTS) is 1. The molecule has 0 heterocycles. The first kappa shape index (κ1) is 13.9. The summed E-state index contributed by atoms with van der Waals surface area (Å²) >= 11 is 0. The first-order valence-electron chi connectivity index (χ1n) is 6.82. The summed E-state index contributed by atoms with van der Waals surface area (Å²) in [5, 5.41) is 10.5. The summed E-state index contributed by atoms with van der Waals surface area (Å²) in [6.45, 7) is 0.507. The Morgan fingerprint density at radius 3 is 2.18 bits per heavy atom. The van der Waals surface area contributed by atoms with E-state index in [1.54, 1.807) is 12.1 Å². The zero-order valence-electron chi connectivity index (χ0n) is 11.7. The van der Waals surface area contributed by atoms with Gasteiger partial charge in [-0.25, -0.2) is 4.79 Å². The average molecular weight is 294 g/mol. The second-order valence-corrected chi connectivity index (χ2v) is 4.81. The fraction of sp³-hybridized carbons (Fsp3) is 0.0556. The van der Waals surface area contributed by atoms with Crippen LogP contribution in [0.5, 0.6) is 11.5 Å². The highest BCUT2D eigenvalue weighted by Gasteiger charge is 2.03. The molecule has 0 aliphatic rings. The third-order valence-electron chi connectivity index (χ3n) is 3.24. The maximum absolute atomic E-state index is 10.5. The normalized spacial score (nSPS) is 10.4. The lowest BCUT2D eigenvalue weighted by atomic mass is 10.1. The highest BCUT2D eigenvalue weighted by atomic mass is 16.7. The van der Waals surface area contributed by atoms with E-state index in [0.717, 1.165) is 22.1 Å². The molecule has 3 aromatic carbocycles. The van der Waals surface area contributed by atoms with Crippen LogP contribution in [0.3, 0.4) is 0 Å². The molecule has 3 aromatic rings. The lowest BCUT2D eigenvalue weighted by Gasteiger charge is -2.08. The molecule has 0 aliphatic heterocycles. The molecule has 4 heteroatoms. The smallest absolute Gasteiger partial charge is 0.489 e. The molecule has 0 saturated heterocycles. The number of rotatable bonds is 4. The maximum Gasteiger partial charge on any atom is 0.511 e. The molecule has 0 fully saturated rings. The van der Waals surface area contributed by atoms with Crippen LogP contribution < -0.4 is 9.47 Å². The lowest BCUT2D eigenvalue weighted by molar-refractivity contribution is 0.144. The van der Waals surface area contributed by atoms with Crippen LogP contribution in [0.1, 0.15) is 5.56 Å². The Morgan fingerprint density at radius 2 is 1.50 bits per heavy atom. The first-order valence-corrected chi connectivity index (χ1v) is 6.82. The van der Waals surface area contributed by atoms with E-state index < -0.39 is 6.16 Å². The van der Waals surface area contributed by atoms with Crippen molar-refractivity contribution in [1.82, 2.24) is 0 Å². The molecule has 110 valence electrons. The van der Waals surface area contributed by atoms with Crippen molar-refractivity contribution >= 4 is 16.9 Å². The number of ether oxygens (including phenoxy) is 2. The standard InChI is InChI=1S/C18H14O4/c19-18(20)22-17-9-7-14-10-16(8-6-15(14)11-17)21-12-13-4-2-1-3-5-13/h1-11H,12H2,(H,19,20). The van der Waals surface area contributed by atoms with E-state index in [0.29, 0.717) is 12.4 Å². The molecule has 0 radical (unpaired) electrons. The average Bonchev–Trinajstić information content (AvgIpc) is 2.53. The van der Waals surface area contributed by atoms with Gasteiger partial charge in [0.05, 0.1) is 0 Å². The fourth-order valence-corrected chi connectivity index (χ4v) is 2.20. The van der Waals surface area contributed by atoms with E-state index in [9.17, 15) is 4.79 Å². The van der Waals surface area contributed by atoms with Gasteiger partial charge >= 0.3 is 6.16 Å². The van der Waals surface area contributed by atoms with Crippen molar-refractivity contribution in [3.05, 3.63) is 72.3 Å². The number of benzene rings is 3. The zero-order chi connectivity index (χ0) is 15.4. The van der Waals surface area contributed by atoms with Crippen LogP contribution in [0.25, 0.3) is 10.8 Å². The van der Waals surface area contributed by atoms with Crippen LogP contribution in [0.15, 0.2) is 66.7 Å². The van der Waals surface area contributed by atoms with Crippen molar-refractivity contribution in [3.63, 3.8) is 0 Å². The predicted molar refractivity (Wildman–Crippen MR) is 83.4 cm³/mol. The summed E-state index contributed by atoms with van der Waals surface area (Å²) in [5.74, 6) is 1.07. The van der Waals surface area contributed by atoms with Gasteiger partial charge in [0.25, 0.3) is 0 Å². The minimum absolute atomic E-state index is 0.304. The Morgan fingerprint density at radius 1 is 0.864 bits per heavy atom. The van der Waals surface area contributed by atoms with Gasteiger partial charge in [0.2, 0.25) is 0 Å². The third kappa shape index (κ3) is 3.35. The Balaban J connectivity index is 1.77. The topological polar surface area (TPSA) is 55.8 Å². The predicted octanol–water partition coefficient (Wildman–Crippen LogP) is 4.48. The summed E-state index contributed by atoms with van der Waals surface area (Å²) < 4.78 is 10.4. The van der Waals surface area contributed by atoms with Gasteiger partial charge in [-0.05, 0) is 40.6 Å². The summed E-state index contributed by atoms with van der Waals surface area (Å²) in [6.07, 6.45) is -1.32. The monoisotopic (exact) mass is 294 g/mol. The van der Waals surface area contributed by atoms with Crippen LogP contribution in [0.4, 0.5) is 4.79 Å². The highest BCUT2D eigenvalue weighted by molar-refractivity contribution is 5.85. The summed E-state index contributed by atoms with van der Waals surface area (Å²) in [4.78, 5) is 10.5. The maximum atomic E-state index is 10.5. The van der Waals surface area contributed by atoms with Crippen LogP contribution in [-0.4, -0.2) is 11.3 Å². The van der Waals surface area contributed by atoms with E-state index in [1.165, 1.54) is 0 Å². The Bertz CT molecular complexity index is 797. The van der Waals surface area contributed by atoms with Crippen LogP contribution >= 0.6 is 0 Å². The molecule has 0 unspecified atom stereocenters. The van der Waals surface area contributed by atoms with E-state index >= 15 is 0 Å². The van der Waals surface area contributed by atoms with Gasteiger partial charge in [0.15, 0.2) is 0 Å². The lowest BCUT2D eigenvalue weighted by Crippen LogP contribution is -2.02. The quantitative estimate of drug-likeness (QED) is 0.569.